The highest BCUT2D eigenvalue weighted by Crippen LogP contribution is 2.48. The number of imidazole rings is 1. The number of alkyl halides is 3. The number of amides is 1. The van der Waals surface area contributed by atoms with Gasteiger partial charge in [0.25, 0.3) is 0 Å². The highest BCUT2D eigenvalue weighted by molar-refractivity contribution is 5.85. The molecule has 2 atom stereocenters. The number of carbonyl (C=O) groups is 2. The summed E-state index contributed by atoms with van der Waals surface area (Å²) < 4.78 is 47.3. The van der Waals surface area contributed by atoms with Crippen molar-refractivity contribution >= 4 is 11.9 Å². The van der Waals surface area contributed by atoms with Gasteiger partial charge in [0.15, 0.2) is 12.4 Å². The maximum atomic E-state index is 13.9. The number of carbonyl (C=O) groups excluding carboxylic acids is 1. The molecule has 3 aliphatic rings. The van der Waals surface area contributed by atoms with Crippen LogP contribution in [0, 0.1) is 11.3 Å². The van der Waals surface area contributed by atoms with Crippen molar-refractivity contribution in [3.05, 3.63) is 47.5 Å². The quantitative estimate of drug-likeness (QED) is 0.593. The Bertz CT molecular complexity index is 1210. The van der Waals surface area contributed by atoms with Gasteiger partial charge in [0.2, 0.25) is 5.91 Å². The summed E-state index contributed by atoms with van der Waals surface area (Å²) in [5, 5.41) is 9.14. The summed E-state index contributed by atoms with van der Waals surface area (Å²) in [6, 6.07) is 3.86. The fourth-order valence-electron chi connectivity index (χ4n) is 6.39. The Balaban J connectivity index is 1.25. The van der Waals surface area contributed by atoms with E-state index in [0.29, 0.717) is 17.7 Å². The SMILES string of the molecule is CC(C)[C@]1(C(=O)N2COc3ccc(C(F)(F)F)cc3C2)CC[C@@H](N2CCC(n3cnc(C(=O)O)c3)CC2)C1. The van der Waals surface area contributed by atoms with Gasteiger partial charge in [-0.25, -0.2) is 9.78 Å². The third-order valence-corrected chi connectivity index (χ3v) is 8.72. The summed E-state index contributed by atoms with van der Waals surface area (Å²) in [7, 11) is 0. The van der Waals surface area contributed by atoms with Crippen LogP contribution in [0.4, 0.5) is 13.2 Å². The number of hydrogen-bond acceptors (Lipinski definition) is 5. The number of ether oxygens (including phenoxy) is 1. The number of likely N-dealkylation sites (tertiary alicyclic amines) is 1. The molecule has 0 unspecified atom stereocenters. The smallest absolute Gasteiger partial charge is 0.416 e. The molecule has 2 aromatic rings. The van der Waals surface area contributed by atoms with Gasteiger partial charge >= 0.3 is 12.1 Å². The van der Waals surface area contributed by atoms with Gasteiger partial charge in [0.1, 0.15) is 5.75 Å². The van der Waals surface area contributed by atoms with Crippen molar-refractivity contribution in [2.24, 2.45) is 11.3 Å². The number of rotatable bonds is 5. The van der Waals surface area contributed by atoms with Gasteiger partial charge in [-0.1, -0.05) is 13.8 Å². The number of piperidine rings is 1. The average molecular weight is 535 g/mol. The van der Waals surface area contributed by atoms with E-state index in [1.54, 1.807) is 17.4 Å². The normalized spacial score (nSPS) is 24.9. The van der Waals surface area contributed by atoms with Gasteiger partial charge in [-0.15, -0.1) is 0 Å². The summed E-state index contributed by atoms with van der Waals surface area (Å²) in [5.74, 6) is -0.625. The van der Waals surface area contributed by atoms with Crippen molar-refractivity contribution in [1.29, 1.82) is 0 Å². The third-order valence-electron chi connectivity index (χ3n) is 8.72. The van der Waals surface area contributed by atoms with Crippen molar-refractivity contribution in [1.82, 2.24) is 19.4 Å². The molecule has 2 aliphatic heterocycles. The minimum Gasteiger partial charge on any atom is -0.476 e. The molecule has 1 aliphatic carbocycles. The first-order valence-corrected chi connectivity index (χ1v) is 13.1. The maximum absolute atomic E-state index is 13.9. The topological polar surface area (TPSA) is 87.9 Å². The molecule has 1 aromatic carbocycles. The highest BCUT2D eigenvalue weighted by Gasteiger charge is 2.51. The van der Waals surface area contributed by atoms with E-state index < -0.39 is 23.1 Å². The predicted octanol–water partition coefficient (Wildman–Crippen LogP) is 4.81. The van der Waals surface area contributed by atoms with Gasteiger partial charge < -0.3 is 24.2 Å². The van der Waals surface area contributed by atoms with Gasteiger partial charge in [-0.3, -0.25) is 4.79 Å². The summed E-state index contributed by atoms with van der Waals surface area (Å²) in [4.78, 5) is 33.0. The lowest BCUT2D eigenvalue weighted by Crippen LogP contribution is -2.49. The van der Waals surface area contributed by atoms with Crippen LogP contribution in [-0.2, 0) is 17.5 Å². The van der Waals surface area contributed by atoms with E-state index in [0.717, 1.165) is 50.9 Å². The molecule has 5 rings (SSSR count). The van der Waals surface area contributed by atoms with Crippen molar-refractivity contribution < 1.29 is 32.6 Å². The van der Waals surface area contributed by atoms with Gasteiger partial charge in [0.05, 0.1) is 23.9 Å². The molecule has 38 heavy (non-hydrogen) atoms. The number of carboxylic acids is 1. The fraction of sp³-hybridized carbons (Fsp3) is 0.593. The zero-order valence-electron chi connectivity index (χ0n) is 21.6. The van der Waals surface area contributed by atoms with Crippen LogP contribution in [0.2, 0.25) is 0 Å². The Kier molecular flexibility index (Phi) is 6.91. The number of benzene rings is 1. The van der Waals surface area contributed by atoms with Crippen molar-refractivity contribution in [2.45, 2.75) is 70.8 Å². The van der Waals surface area contributed by atoms with E-state index in [1.165, 1.54) is 6.07 Å². The van der Waals surface area contributed by atoms with E-state index in [9.17, 15) is 22.8 Å². The van der Waals surface area contributed by atoms with Gasteiger partial charge in [-0.05, 0) is 56.2 Å². The second-order valence-electron chi connectivity index (χ2n) is 11.1. The summed E-state index contributed by atoms with van der Waals surface area (Å²) in [6.45, 7) is 5.92. The first-order chi connectivity index (χ1) is 18.0. The predicted molar refractivity (Wildman–Crippen MR) is 131 cm³/mol. The number of aromatic carboxylic acids is 1. The molecule has 0 bridgehead atoms. The minimum absolute atomic E-state index is 0.0327. The first-order valence-electron chi connectivity index (χ1n) is 13.1. The number of aromatic nitrogens is 2. The summed E-state index contributed by atoms with van der Waals surface area (Å²) in [6.07, 6.45) is 2.75. The minimum atomic E-state index is -4.46. The Hall–Kier alpha value is -3.08. The zero-order chi connectivity index (χ0) is 27.2. The number of nitrogens with zero attached hydrogens (tertiary/aromatic N) is 4. The Labute approximate surface area is 219 Å². The molecule has 1 N–H and O–H groups in total. The van der Waals surface area contributed by atoms with Crippen LogP contribution in [-0.4, -0.2) is 62.2 Å². The maximum Gasteiger partial charge on any atom is 0.416 e. The largest absolute Gasteiger partial charge is 0.476 e. The Morgan fingerprint density at radius 1 is 1.16 bits per heavy atom. The number of carboxylic acid groups (broad SMARTS) is 1. The number of hydrogen-bond donors (Lipinski definition) is 1. The third kappa shape index (κ3) is 4.88. The van der Waals surface area contributed by atoms with Crippen LogP contribution in [0.3, 0.4) is 0 Å². The van der Waals surface area contributed by atoms with E-state index >= 15 is 0 Å². The molecule has 3 heterocycles. The molecule has 1 aromatic heterocycles. The molecule has 11 heteroatoms. The molecule has 8 nitrogen and oxygen atoms in total. The average Bonchev–Trinajstić information content (AvgIpc) is 3.56. The first kappa shape index (κ1) is 26.5. The van der Waals surface area contributed by atoms with Crippen molar-refractivity contribution in [2.75, 3.05) is 19.8 Å². The van der Waals surface area contributed by atoms with Crippen LogP contribution in [0.1, 0.15) is 73.6 Å². The van der Waals surface area contributed by atoms with Gasteiger partial charge in [-0.2, -0.15) is 13.2 Å². The number of halogens is 3. The zero-order valence-corrected chi connectivity index (χ0v) is 21.6. The summed E-state index contributed by atoms with van der Waals surface area (Å²) >= 11 is 0. The van der Waals surface area contributed by atoms with E-state index in [-0.39, 0.29) is 42.9 Å². The van der Waals surface area contributed by atoms with Gasteiger partial charge in [0, 0.05) is 36.9 Å². The van der Waals surface area contributed by atoms with Crippen LogP contribution in [0.15, 0.2) is 30.7 Å². The molecule has 1 saturated carbocycles. The molecule has 1 amide bonds. The standard InChI is InChI=1S/C27H33F3N4O4/c1-17(2)26(25(37)34-13-18-11-19(27(28,29)30)3-4-23(18)38-16-34)8-5-21(12-26)32-9-6-20(7-10-32)33-14-22(24(35)36)31-15-33/h3-4,11,14-15,17,20-21H,5-10,12-13,16H2,1-2H3,(H,35,36)/t21-,26+/m1/s1. The molecule has 1 saturated heterocycles. The Morgan fingerprint density at radius 3 is 2.53 bits per heavy atom. The van der Waals surface area contributed by atoms with Crippen LogP contribution >= 0.6 is 0 Å². The van der Waals surface area contributed by atoms with Crippen molar-refractivity contribution in [3.8, 4) is 5.75 Å². The Morgan fingerprint density at radius 2 is 1.89 bits per heavy atom. The molecule has 0 spiro atoms. The number of fused-ring (bicyclic) bond motifs is 1. The monoisotopic (exact) mass is 534 g/mol. The lowest BCUT2D eigenvalue weighted by molar-refractivity contribution is -0.150. The highest BCUT2D eigenvalue weighted by atomic mass is 19.4. The van der Waals surface area contributed by atoms with E-state index in [2.05, 4.69) is 9.88 Å². The van der Waals surface area contributed by atoms with Crippen LogP contribution < -0.4 is 4.74 Å². The molecule has 2 fully saturated rings. The molecular formula is C27H33F3N4O4. The van der Waals surface area contributed by atoms with Crippen LogP contribution in [0.25, 0.3) is 0 Å². The van der Waals surface area contributed by atoms with E-state index in [4.69, 9.17) is 9.84 Å². The van der Waals surface area contributed by atoms with Crippen molar-refractivity contribution in [3.63, 3.8) is 0 Å². The lowest BCUT2D eigenvalue weighted by atomic mass is 9.74. The molecular weight excluding hydrogens is 501 g/mol. The fourth-order valence-corrected chi connectivity index (χ4v) is 6.39. The lowest BCUT2D eigenvalue weighted by Gasteiger charge is -2.41. The second-order valence-corrected chi connectivity index (χ2v) is 11.1. The molecule has 206 valence electrons. The molecule has 0 radical (unpaired) electrons. The second kappa shape index (κ2) is 9.91. The van der Waals surface area contributed by atoms with E-state index in [1.807, 2.05) is 18.4 Å². The van der Waals surface area contributed by atoms with Crippen LogP contribution in [0.5, 0.6) is 5.75 Å². The summed E-state index contributed by atoms with van der Waals surface area (Å²) in [5.41, 5.74) is -0.917.